The van der Waals surface area contributed by atoms with Crippen LogP contribution in [0, 0.1) is 0 Å². The van der Waals surface area contributed by atoms with Crippen LogP contribution in [0.2, 0.25) is 5.02 Å². The molecule has 2 aromatic carbocycles. The quantitative estimate of drug-likeness (QED) is 0.850. The molecule has 0 spiro atoms. The first-order valence-corrected chi connectivity index (χ1v) is 7.50. The summed E-state index contributed by atoms with van der Waals surface area (Å²) in [6, 6.07) is 11.7. The molecule has 104 valence electrons. The second kappa shape index (κ2) is 6.07. The number of hydrogen-bond acceptors (Lipinski definition) is 3. The van der Waals surface area contributed by atoms with Gasteiger partial charge in [0.15, 0.2) is 0 Å². The zero-order chi connectivity index (χ0) is 14.7. The summed E-state index contributed by atoms with van der Waals surface area (Å²) in [4.78, 5) is 11.6. The van der Waals surface area contributed by atoms with Crippen molar-refractivity contribution in [2.45, 2.75) is 10.6 Å². The van der Waals surface area contributed by atoms with E-state index in [-0.39, 0.29) is 5.75 Å². The number of benzene rings is 2. The van der Waals surface area contributed by atoms with E-state index in [0.717, 1.165) is 0 Å². The van der Waals surface area contributed by atoms with Crippen LogP contribution in [-0.2, 0) is 16.6 Å². The Morgan fingerprint density at radius 2 is 1.90 bits per heavy atom. The molecule has 0 bridgehead atoms. The fraction of sp³-hybridized carbons (Fsp3) is 0.0714. The van der Waals surface area contributed by atoms with Crippen LogP contribution in [0.5, 0.6) is 0 Å². The highest BCUT2D eigenvalue weighted by atomic mass is 35.5. The maximum absolute atomic E-state index is 12.3. The Bertz CT molecular complexity index is 689. The second-order valence-electron chi connectivity index (χ2n) is 4.20. The molecular weight excluding hydrogens is 296 g/mol. The zero-order valence-electron chi connectivity index (χ0n) is 10.5. The maximum atomic E-state index is 12.3. The molecule has 1 amide bonds. The Balaban J connectivity index is 2.25. The van der Waals surface area contributed by atoms with Crippen LogP contribution in [0.25, 0.3) is 0 Å². The summed E-state index contributed by atoms with van der Waals surface area (Å²) in [6.45, 7) is 0. The molecule has 0 aliphatic rings. The number of carbonyl (C=O) groups excluding carboxylic acids is 1. The van der Waals surface area contributed by atoms with E-state index in [4.69, 9.17) is 23.1 Å². The fourth-order valence-electron chi connectivity index (χ4n) is 1.73. The lowest BCUT2D eigenvalue weighted by Gasteiger charge is -2.08. The van der Waals surface area contributed by atoms with Crippen molar-refractivity contribution < 1.29 is 9.00 Å². The Morgan fingerprint density at radius 3 is 2.50 bits per heavy atom. The first-order chi connectivity index (χ1) is 9.49. The van der Waals surface area contributed by atoms with Gasteiger partial charge in [-0.25, -0.2) is 0 Å². The van der Waals surface area contributed by atoms with E-state index in [1.165, 1.54) is 6.07 Å². The average Bonchev–Trinajstić information content (AvgIpc) is 2.41. The summed E-state index contributed by atoms with van der Waals surface area (Å²) in [6.07, 6.45) is 0. The smallest absolute Gasteiger partial charge is 0.248 e. The van der Waals surface area contributed by atoms with Crippen LogP contribution >= 0.6 is 11.6 Å². The number of nitrogen functional groups attached to an aromatic ring is 1. The van der Waals surface area contributed by atoms with Gasteiger partial charge in [0.2, 0.25) is 5.91 Å². The minimum Gasteiger partial charge on any atom is -0.398 e. The van der Waals surface area contributed by atoms with E-state index >= 15 is 0 Å². The lowest BCUT2D eigenvalue weighted by Crippen LogP contribution is -2.12. The summed E-state index contributed by atoms with van der Waals surface area (Å²) in [5, 5.41) is 0.457. The van der Waals surface area contributed by atoms with Crippen LogP contribution in [0.15, 0.2) is 47.4 Å². The number of rotatable bonds is 4. The number of amides is 1. The van der Waals surface area contributed by atoms with E-state index in [9.17, 15) is 9.00 Å². The molecule has 1 atom stereocenters. The Labute approximate surface area is 124 Å². The lowest BCUT2D eigenvalue weighted by atomic mass is 10.1. The number of hydrogen-bond donors (Lipinski definition) is 2. The molecule has 0 fully saturated rings. The minimum absolute atomic E-state index is 0.231. The lowest BCUT2D eigenvalue weighted by molar-refractivity contribution is 0.100. The molecule has 0 aromatic heterocycles. The average molecular weight is 309 g/mol. The van der Waals surface area contributed by atoms with Crippen molar-refractivity contribution in [1.29, 1.82) is 0 Å². The number of halogens is 1. The molecule has 6 heteroatoms. The van der Waals surface area contributed by atoms with Crippen LogP contribution in [0.3, 0.4) is 0 Å². The van der Waals surface area contributed by atoms with Crippen molar-refractivity contribution in [1.82, 2.24) is 0 Å². The summed E-state index contributed by atoms with van der Waals surface area (Å²) in [5.74, 6) is -0.315. The van der Waals surface area contributed by atoms with E-state index in [1.54, 1.807) is 36.4 Å². The number of primary amides is 1. The normalized spacial score (nSPS) is 12.1. The van der Waals surface area contributed by atoms with E-state index in [0.29, 0.717) is 26.7 Å². The SMILES string of the molecule is NC(=O)c1ccc(CS(=O)c2ccccc2Cl)c(N)c1. The molecule has 0 aliphatic heterocycles. The van der Waals surface area contributed by atoms with Gasteiger partial charge in [0, 0.05) is 11.3 Å². The predicted molar refractivity (Wildman–Crippen MR) is 80.9 cm³/mol. The molecule has 0 saturated heterocycles. The molecule has 4 N–H and O–H groups in total. The van der Waals surface area contributed by atoms with Crippen molar-refractivity contribution in [3.8, 4) is 0 Å². The molecule has 0 aliphatic carbocycles. The monoisotopic (exact) mass is 308 g/mol. The van der Waals surface area contributed by atoms with Gasteiger partial charge in [0.25, 0.3) is 0 Å². The second-order valence-corrected chi connectivity index (χ2v) is 6.02. The Kier molecular flexibility index (Phi) is 4.42. The van der Waals surface area contributed by atoms with Crippen molar-refractivity contribution in [2.75, 3.05) is 5.73 Å². The van der Waals surface area contributed by atoms with Gasteiger partial charge in [0.1, 0.15) is 0 Å². The third-order valence-electron chi connectivity index (χ3n) is 2.80. The van der Waals surface area contributed by atoms with Gasteiger partial charge in [-0.15, -0.1) is 0 Å². The number of carbonyl (C=O) groups is 1. The summed E-state index contributed by atoms with van der Waals surface area (Å²) in [7, 11) is -1.30. The fourth-order valence-corrected chi connectivity index (χ4v) is 3.34. The van der Waals surface area contributed by atoms with Gasteiger partial charge in [-0.1, -0.05) is 29.8 Å². The predicted octanol–water partition coefficient (Wildman–Crippen LogP) is 2.33. The molecule has 20 heavy (non-hydrogen) atoms. The molecule has 4 nitrogen and oxygen atoms in total. The van der Waals surface area contributed by atoms with Gasteiger partial charge in [0.05, 0.1) is 26.5 Å². The van der Waals surface area contributed by atoms with Crippen LogP contribution in [-0.4, -0.2) is 10.1 Å². The van der Waals surface area contributed by atoms with Crippen LogP contribution in [0.1, 0.15) is 15.9 Å². The molecule has 0 heterocycles. The van der Waals surface area contributed by atoms with Gasteiger partial charge in [-0.3, -0.25) is 9.00 Å². The summed E-state index contributed by atoms with van der Waals surface area (Å²) < 4.78 is 12.3. The van der Waals surface area contributed by atoms with Crippen molar-refractivity contribution >= 4 is 34.0 Å². The molecule has 0 saturated carbocycles. The third-order valence-corrected chi connectivity index (χ3v) is 4.66. The van der Waals surface area contributed by atoms with E-state index < -0.39 is 16.7 Å². The van der Waals surface area contributed by atoms with Crippen molar-refractivity contribution in [3.05, 3.63) is 58.6 Å². The van der Waals surface area contributed by atoms with Gasteiger partial charge in [-0.05, 0) is 29.8 Å². The number of anilines is 1. The highest BCUT2D eigenvalue weighted by Crippen LogP contribution is 2.23. The molecule has 1 unspecified atom stereocenters. The van der Waals surface area contributed by atoms with E-state index in [1.807, 2.05) is 0 Å². The van der Waals surface area contributed by atoms with Crippen molar-refractivity contribution in [2.24, 2.45) is 5.73 Å². The first-order valence-electron chi connectivity index (χ1n) is 5.80. The van der Waals surface area contributed by atoms with Crippen molar-refractivity contribution in [3.63, 3.8) is 0 Å². The summed E-state index contributed by atoms with van der Waals surface area (Å²) in [5.41, 5.74) is 12.4. The molecule has 0 radical (unpaired) electrons. The minimum atomic E-state index is -1.30. The topological polar surface area (TPSA) is 86.2 Å². The highest BCUT2D eigenvalue weighted by molar-refractivity contribution is 7.84. The zero-order valence-corrected chi connectivity index (χ0v) is 12.1. The largest absolute Gasteiger partial charge is 0.398 e. The maximum Gasteiger partial charge on any atom is 0.248 e. The standard InChI is InChI=1S/C14H13ClN2O2S/c15-11-3-1-2-4-13(11)20(19)8-10-6-5-9(14(17)18)7-12(10)16/h1-7H,8,16H2,(H2,17,18). The highest BCUT2D eigenvalue weighted by Gasteiger charge is 2.12. The molecule has 2 aromatic rings. The van der Waals surface area contributed by atoms with E-state index in [2.05, 4.69) is 0 Å². The van der Waals surface area contributed by atoms with Crippen LogP contribution < -0.4 is 11.5 Å². The number of nitrogens with two attached hydrogens (primary N) is 2. The third kappa shape index (κ3) is 3.18. The van der Waals surface area contributed by atoms with Gasteiger partial charge < -0.3 is 11.5 Å². The molecular formula is C14H13ClN2O2S. The van der Waals surface area contributed by atoms with Gasteiger partial charge >= 0.3 is 0 Å². The summed E-state index contributed by atoms with van der Waals surface area (Å²) >= 11 is 6.01. The first kappa shape index (κ1) is 14.6. The Hall–Kier alpha value is -1.85. The molecule has 2 rings (SSSR count). The Morgan fingerprint density at radius 1 is 1.20 bits per heavy atom. The van der Waals surface area contributed by atoms with Crippen LogP contribution in [0.4, 0.5) is 5.69 Å². The van der Waals surface area contributed by atoms with Gasteiger partial charge in [-0.2, -0.15) is 0 Å².